The summed E-state index contributed by atoms with van der Waals surface area (Å²) in [4.78, 5) is 15.6. The van der Waals surface area contributed by atoms with Gasteiger partial charge in [0.2, 0.25) is 0 Å². The Morgan fingerprint density at radius 2 is 0.692 bits per heavy atom. The van der Waals surface area contributed by atoms with Crippen LogP contribution in [-0.4, -0.2) is 15.0 Å². The summed E-state index contributed by atoms with van der Waals surface area (Å²) in [6.07, 6.45) is 0. The lowest BCUT2D eigenvalue weighted by molar-refractivity contribution is 0.775. The molecule has 1 aromatic heterocycles. The summed E-state index contributed by atoms with van der Waals surface area (Å²) in [6.45, 7) is 0. The lowest BCUT2D eigenvalue weighted by Crippen LogP contribution is -2.28. The highest BCUT2D eigenvalue weighted by Gasteiger charge is 2.48. The Hall–Kier alpha value is -8.53. The first-order valence-corrected chi connectivity index (χ1v) is 22.2. The first kappa shape index (κ1) is 38.2. The van der Waals surface area contributed by atoms with Gasteiger partial charge < -0.3 is 0 Å². The van der Waals surface area contributed by atoms with Gasteiger partial charge in [-0.3, -0.25) is 0 Å². The lowest BCUT2D eigenvalue weighted by atomic mass is 9.66. The maximum absolute atomic E-state index is 5.26. The van der Waals surface area contributed by atoms with E-state index < -0.39 is 5.41 Å². The van der Waals surface area contributed by atoms with Crippen molar-refractivity contribution in [3.05, 3.63) is 271 Å². The van der Waals surface area contributed by atoms with Gasteiger partial charge in [-0.25, -0.2) is 15.0 Å². The minimum Gasteiger partial charge on any atom is -0.208 e. The molecule has 11 aromatic rings. The smallest absolute Gasteiger partial charge is 0.164 e. The van der Waals surface area contributed by atoms with Crippen LogP contribution in [0.5, 0.6) is 0 Å². The molecular formula is C62H41N3. The second kappa shape index (κ2) is 16.0. The molecule has 0 aliphatic heterocycles. The third kappa shape index (κ3) is 6.56. The van der Waals surface area contributed by atoms with E-state index in [0.29, 0.717) is 17.5 Å². The van der Waals surface area contributed by atoms with Gasteiger partial charge in [0.05, 0.1) is 5.41 Å². The van der Waals surface area contributed by atoms with E-state index in [1.54, 1.807) is 0 Å². The van der Waals surface area contributed by atoms with Gasteiger partial charge in [0.25, 0.3) is 0 Å². The molecule has 3 nitrogen and oxygen atoms in total. The van der Waals surface area contributed by atoms with Crippen LogP contribution in [0.4, 0.5) is 0 Å². The molecule has 0 spiro atoms. The number of hydrogen-bond acceptors (Lipinski definition) is 3. The number of fused-ring (bicyclic) bond motifs is 5. The number of benzene rings is 10. The predicted octanol–water partition coefficient (Wildman–Crippen LogP) is 15.4. The van der Waals surface area contributed by atoms with Crippen molar-refractivity contribution in [3.63, 3.8) is 0 Å². The molecule has 304 valence electrons. The summed E-state index contributed by atoms with van der Waals surface area (Å²) >= 11 is 0. The van der Waals surface area contributed by atoms with Crippen LogP contribution in [-0.2, 0) is 5.41 Å². The molecular weight excluding hydrogens is 787 g/mol. The van der Waals surface area contributed by atoms with Crippen molar-refractivity contribution >= 4 is 10.8 Å². The van der Waals surface area contributed by atoms with Crippen LogP contribution in [0.15, 0.2) is 249 Å². The number of aromatic nitrogens is 3. The molecule has 0 atom stereocenters. The van der Waals surface area contributed by atoms with Crippen molar-refractivity contribution in [1.82, 2.24) is 15.0 Å². The summed E-state index contributed by atoms with van der Waals surface area (Å²) in [6, 6.07) is 89.0. The summed E-state index contributed by atoms with van der Waals surface area (Å²) in [7, 11) is 0. The van der Waals surface area contributed by atoms with E-state index in [4.69, 9.17) is 15.0 Å². The maximum Gasteiger partial charge on any atom is 0.164 e. The van der Waals surface area contributed by atoms with Crippen molar-refractivity contribution < 1.29 is 0 Å². The fraction of sp³-hybridized carbons (Fsp3) is 0.0161. The second-order valence-corrected chi connectivity index (χ2v) is 16.7. The Bertz CT molecular complexity index is 3400. The van der Waals surface area contributed by atoms with Crippen LogP contribution in [0.2, 0.25) is 0 Å². The fourth-order valence-corrected chi connectivity index (χ4v) is 10.1. The SMILES string of the molecule is c1ccc(-c2cc(-c3ccccc3)cc(-c3nc(-c4ccccc4)nc(-c4ccc(-c5cc6ccccc6c6c5-c5ccccc5C6(c5ccccc5)c5ccccc5)cc4)n3)c2)cc1. The molecule has 3 heteroatoms. The highest BCUT2D eigenvalue weighted by molar-refractivity contribution is 6.06. The Morgan fingerprint density at radius 3 is 1.26 bits per heavy atom. The van der Waals surface area contributed by atoms with Crippen molar-refractivity contribution in [2.75, 3.05) is 0 Å². The van der Waals surface area contributed by atoms with E-state index in [0.717, 1.165) is 44.5 Å². The predicted molar refractivity (Wildman–Crippen MR) is 267 cm³/mol. The van der Waals surface area contributed by atoms with Gasteiger partial charge in [0.15, 0.2) is 17.5 Å². The molecule has 0 bridgehead atoms. The topological polar surface area (TPSA) is 38.7 Å². The van der Waals surface area contributed by atoms with E-state index in [9.17, 15) is 0 Å². The van der Waals surface area contributed by atoms with Crippen LogP contribution in [0, 0.1) is 0 Å². The summed E-state index contributed by atoms with van der Waals surface area (Å²) in [5.41, 5.74) is 16.6. The summed E-state index contributed by atoms with van der Waals surface area (Å²) < 4.78 is 0. The minimum absolute atomic E-state index is 0.530. The Balaban J connectivity index is 1.04. The Labute approximate surface area is 379 Å². The van der Waals surface area contributed by atoms with Crippen LogP contribution < -0.4 is 0 Å². The molecule has 0 amide bonds. The van der Waals surface area contributed by atoms with Crippen molar-refractivity contribution in [3.8, 4) is 78.7 Å². The largest absolute Gasteiger partial charge is 0.208 e. The van der Waals surface area contributed by atoms with E-state index in [1.165, 1.54) is 49.7 Å². The van der Waals surface area contributed by atoms with Crippen LogP contribution in [0.1, 0.15) is 22.3 Å². The zero-order valence-corrected chi connectivity index (χ0v) is 35.5. The fourth-order valence-electron chi connectivity index (χ4n) is 10.1. The summed E-state index contributed by atoms with van der Waals surface area (Å²) in [5, 5.41) is 2.46. The highest BCUT2D eigenvalue weighted by Crippen LogP contribution is 2.60. The molecule has 0 saturated heterocycles. The molecule has 0 fully saturated rings. The molecule has 1 heterocycles. The van der Waals surface area contributed by atoms with Gasteiger partial charge in [-0.2, -0.15) is 0 Å². The van der Waals surface area contributed by atoms with Gasteiger partial charge in [-0.15, -0.1) is 0 Å². The van der Waals surface area contributed by atoms with Gasteiger partial charge in [0, 0.05) is 16.7 Å². The van der Waals surface area contributed by atoms with E-state index in [2.05, 4.69) is 231 Å². The molecule has 0 radical (unpaired) electrons. The van der Waals surface area contributed by atoms with E-state index >= 15 is 0 Å². The molecule has 0 unspecified atom stereocenters. The molecule has 12 rings (SSSR count). The second-order valence-electron chi connectivity index (χ2n) is 16.7. The van der Waals surface area contributed by atoms with Crippen molar-refractivity contribution in [2.24, 2.45) is 0 Å². The maximum atomic E-state index is 5.26. The summed E-state index contributed by atoms with van der Waals surface area (Å²) in [5.74, 6) is 1.87. The third-order valence-electron chi connectivity index (χ3n) is 13.0. The average molecular weight is 828 g/mol. The molecule has 0 N–H and O–H groups in total. The van der Waals surface area contributed by atoms with Gasteiger partial charge in [0.1, 0.15) is 0 Å². The molecule has 10 aromatic carbocycles. The van der Waals surface area contributed by atoms with Gasteiger partial charge >= 0.3 is 0 Å². The molecule has 1 aliphatic rings. The minimum atomic E-state index is -0.530. The van der Waals surface area contributed by atoms with Crippen molar-refractivity contribution in [1.29, 1.82) is 0 Å². The van der Waals surface area contributed by atoms with Gasteiger partial charge in [-0.05, 0) is 102 Å². The number of rotatable bonds is 8. The zero-order valence-electron chi connectivity index (χ0n) is 35.5. The third-order valence-corrected chi connectivity index (χ3v) is 13.0. The molecule has 0 saturated carbocycles. The van der Waals surface area contributed by atoms with Crippen LogP contribution >= 0.6 is 0 Å². The molecule has 1 aliphatic carbocycles. The standard InChI is InChI=1S/C62H41N3/c1-6-20-42(21-7-1)48-38-49(43-22-8-2-9-23-43)40-50(39-48)61-64-59(45-24-10-3-11-25-45)63-60(65-61)46-36-34-44(35-37-46)55-41-47-26-16-17-31-53(47)58-57(55)54-32-18-19-33-56(54)62(58,51-27-12-4-13-28-51)52-29-14-5-15-30-52/h1-41H. The van der Waals surface area contributed by atoms with Crippen LogP contribution in [0.3, 0.4) is 0 Å². The quantitative estimate of drug-likeness (QED) is 0.153. The average Bonchev–Trinajstić information content (AvgIpc) is 3.72. The first-order chi connectivity index (χ1) is 32.2. The zero-order chi connectivity index (χ0) is 43.2. The van der Waals surface area contributed by atoms with E-state index in [1.807, 2.05) is 18.2 Å². The highest BCUT2D eigenvalue weighted by atomic mass is 15.0. The number of nitrogens with zero attached hydrogens (tertiary/aromatic N) is 3. The monoisotopic (exact) mass is 827 g/mol. The molecule has 65 heavy (non-hydrogen) atoms. The van der Waals surface area contributed by atoms with Gasteiger partial charge in [-0.1, -0.05) is 224 Å². The lowest BCUT2D eigenvalue weighted by Gasteiger charge is -2.35. The first-order valence-electron chi connectivity index (χ1n) is 22.2. The normalized spacial score (nSPS) is 12.4. The van der Waals surface area contributed by atoms with E-state index in [-0.39, 0.29) is 0 Å². The van der Waals surface area contributed by atoms with Crippen LogP contribution in [0.25, 0.3) is 89.4 Å². The Kier molecular flexibility index (Phi) is 9.39. The Morgan fingerprint density at radius 1 is 0.277 bits per heavy atom. The van der Waals surface area contributed by atoms with Crippen molar-refractivity contribution in [2.45, 2.75) is 5.41 Å². The number of hydrogen-bond donors (Lipinski definition) is 0.